The number of anilines is 1. The van der Waals surface area contributed by atoms with E-state index < -0.39 is 11.9 Å². The molecule has 3 aromatic rings. The number of nitrogens with zero attached hydrogens (tertiary/aromatic N) is 1. The Balaban J connectivity index is 1.43. The average Bonchev–Trinajstić information content (AvgIpc) is 3.44. The molecule has 2 aromatic carbocycles. The van der Waals surface area contributed by atoms with Crippen LogP contribution in [0.5, 0.6) is 5.75 Å². The smallest absolute Gasteiger partial charge is 0.363 e. The molecule has 1 aliphatic rings. The first-order valence-corrected chi connectivity index (χ1v) is 11.1. The molecule has 0 spiro atoms. The summed E-state index contributed by atoms with van der Waals surface area (Å²) in [5.74, 6) is -0.290. The number of rotatable bonds is 6. The minimum absolute atomic E-state index is 0.187. The lowest BCUT2D eigenvalue weighted by Gasteiger charge is -2.19. The van der Waals surface area contributed by atoms with E-state index in [2.05, 4.69) is 10.5 Å². The maximum atomic E-state index is 12.3. The molecule has 8 heteroatoms. The fourth-order valence-corrected chi connectivity index (χ4v) is 3.37. The van der Waals surface area contributed by atoms with Crippen molar-refractivity contribution in [2.75, 3.05) is 5.48 Å². The van der Waals surface area contributed by atoms with Crippen LogP contribution in [0.2, 0.25) is 0 Å². The Morgan fingerprint density at radius 2 is 1.79 bits per heavy atom. The van der Waals surface area contributed by atoms with Crippen LogP contribution >= 0.6 is 11.3 Å². The third kappa shape index (κ3) is 5.94. The number of carbonyl (C=O) groups is 2. The van der Waals surface area contributed by atoms with E-state index in [0.29, 0.717) is 16.2 Å². The van der Waals surface area contributed by atoms with Gasteiger partial charge in [0.05, 0.1) is 11.3 Å². The van der Waals surface area contributed by atoms with E-state index in [-0.39, 0.29) is 17.2 Å². The Bertz CT molecular complexity index is 1210. The Labute approximate surface area is 195 Å². The number of ether oxygens (including phenoxy) is 2. The quantitative estimate of drug-likeness (QED) is 0.227. The molecule has 4 rings (SSSR count). The van der Waals surface area contributed by atoms with Gasteiger partial charge in [-0.3, -0.25) is 10.3 Å². The Hall–Kier alpha value is -3.75. The zero-order valence-corrected chi connectivity index (χ0v) is 19.1. The minimum atomic E-state index is -0.531. The van der Waals surface area contributed by atoms with Gasteiger partial charge in [0.25, 0.3) is 0 Å². The van der Waals surface area contributed by atoms with Crippen molar-refractivity contribution < 1.29 is 23.9 Å². The third-order valence-corrected chi connectivity index (χ3v) is 5.19. The highest BCUT2D eigenvalue weighted by Gasteiger charge is 2.24. The van der Waals surface area contributed by atoms with Gasteiger partial charge in [-0.05, 0) is 80.3 Å². The molecule has 33 heavy (non-hydrogen) atoms. The maximum Gasteiger partial charge on any atom is 0.363 e. The van der Waals surface area contributed by atoms with Gasteiger partial charge in [0.2, 0.25) is 5.90 Å². The van der Waals surface area contributed by atoms with Gasteiger partial charge in [0.15, 0.2) is 5.70 Å². The van der Waals surface area contributed by atoms with E-state index >= 15 is 0 Å². The highest BCUT2D eigenvalue weighted by Crippen LogP contribution is 2.22. The van der Waals surface area contributed by atoms with Crippen molar-refractivity contribution in [3.63, 3.8) is 0 Å². The summed E-state index contributed by atoms with van der Waals surface area (Å²) in [6.45, 7) is 5.83. The van der Waals surface area contributed by atoms with Gasteiger partial charge in [0, 0.05) is 5.56 Å². The molecular weight excluding hydrogens is 440 g/mol. The van der Waals surface area contributed by atoms with Gasteiger partial charge in [0.1, 0.15) is 10.6 Å². The van der Waals surface area contributed by atoms with Crippen molar-refractivity contribution in [2.24, 2.45) is 4.99 Å². The van der Waals surface area contributed by atoms with Crippen LogP contribution in [-0.4, -0.2) is 23.4 Å². The van der Waals surface area contributed by atoms with Crippen LogP contribution in [0.15, 0.2) is 76.7 Å². The molecule has 0 unspecified atom stereocenters. The predicted molar refractivity (Wildman–Crippen MR) is 127 cm³/mol. The molecule has 0 fully saturated rings. The minimum Gasteiger partial charge on any atom is -0.422 e. The summed E-state index contributed by atoms with van der Waals surface area (Å²) in [5.41, 5.74) is 4.91. The first kappa shape index (κ1) is 22.4. The van der Waals surface area contributed by atoms with Crippen LogP contribution in [0.1, 0.15) is 41.6 Å². The molecule has 0 atom stereocenters. The molecule has 1 N–H and O–H groups in total. The molecule has 0 radical (unpaired) electrons. The second kappa shape index (κ2) is 9.40. The molecule has 2 heterocycles. The van der Waals surface area contributed by atoms with E-state index in [1.54, 1.807) is 54.6 Å². The summed E-state index contributed by atoms with van der Waals surface area (Å²) in [6, 6.07) is 17.5. The molecule has 0 saturated carbocycles. The lowest BCUT2D eigenvalue weighted by molar-refractivity contribution is -0.129. The van der Waals surface area contributed by atoms with Crippen LogP contribution in [-0.2, 0) is 14.4 Å². The average molecular weight is 463 g/mol. The van der Waals surface area contributed by atoms with E-state index in [0.717, 1.165) is 11.3 Å². The zero-order valence-electron chi connectivity index (χ0n) is 18.3. The lowest BCUT2D eigenvalue weighted by atomic mass is 10.2. The second-order valence-electron chi connectivity index (χ2n) is 8.17. The van der Waals surface area contributed by atoms with Gasteiger partial charge in [-0.1, -0.05) is 18.2 Å². The van der Waals surface area contributed by atoms with Crippen LogP contribution in [0, 0.1) is 0 Å². The van der Waals surface area contributed by atoms with Gasteiger partial charge in [-0.25, -0.2) is 14.6 Å². The van der Waals surface area contributed by atoms with Crippen LogP contribution < -0.4 is 10.2 Å². The number of aliphatic imine (C=N–C) groups is 1. The fourth-order valence-electron chi connectivity index (χ4n) is 2.77. The Morgan fingerprint density at radius 3 is 2.42 bits per heavy atom. The van der Waals surface area contributed by atoms with Gasteiger partial charge in [-0.15, -0.1) is 11.3 Å². The number of esters is 2. The molecule has 0 saturated heterocycles. The first-order valence-electron chi connectivity index (χ1n) is 10.2. The van der Waals surface area contributed by atoms with E-state index in [9.17, 15) is 9.59 Å². The molecule has 0 amide bonds. The SMILES string of the molecule is CC(C)(C)ONc1ccc(C2=N/C(=C/c3ccc(OC(=O)c4cccs4)cc3)C(=O)O2)cc1. The first-order chi connectivity index (χ1) is 15.8. The molecule has 0 bridgehead atoms. The normalized spacial score (nSPS) is 14.7. The molecule has 168 valence electrons. The fraction of sp³-hybridized carbons (Fsp3) is 0.160. The zero-order chi connectivity index (χ0) is 23.4. The van der Waals surface area contributed by atoms with Crippen molar-refractivity contribution >= 4 is 40.9 Å². The molecule has 0 aliphatic carbocycles. The summed E-state index contributed by atoms with van der Waals surface area (Å²) < 4.78 is 10.7. The predicted octanol–water partition coefficient (Wildman–Crippen LogP) is 5.45. The summed E-state index contributed by atoms with van der Waals surface area (Å²) >= 11 is 1.32. The number of hydrogen-bond acceptors (Lipinski definition) is 8. The number of benzene rings is 2. The summed E-state index contributed by atoms with van der Waals surface area (Å²) in [5, 5.41) is 1.81. The van der Waals surface area contributed by atoms with E-state index in [4.69, 9.17) is 14.3 Å². The van der Waals surface area contributed by atoms with Crippen LogP contribution in [0.3, 0.4) is 0 Å². The monoisotopic (exact) mass is 462 g/mol. The second-order valence-corrected chi connectivity index (χ2v) is 9.11. The Kier molecular flexibility index (Phi) is 6.39. The summed E-state index contributed by atoms with van der Waals surface area (Å²) in [4.78, 5) is 34.7. The summed E-state index contributed by atoms with van der Waals surface area (Å²) in [7, 11) is 0. The molecule has 1 aliphatic heterocycles. The van der Waals surface area contributed by atoms with Crippen molar-refractivity contribution in [2.45, 2.75) is 26.4 Å². The van der Waals surface area contributed by atoms with Gasteiger partial charge >= 0.3 is 11.9 Å². The largest absolute Gasteiger partial charge is 0.422 e. The lowest BCUT2D eigenvalue weighted by Crippen LogP contribution is -2.22. The van der Waals surface area contributed by atoms with E-state index in [1.165, 1.54) is 11.3 Å². The highest BCUT2D eigenvalue weighted by atomic mass is 32.1. The van der Waals surface area contributed by atoms with Crippen molar-refractivity contribution in [3.8, 4) is 5.75 Å². The number of hydrogen-bond donors (Lipinski definition) is 1. The Morgan fingerprint density at radius 1 is 1.06 bits per heavy atom. The molecule has 1 aromatic heterocycles. The molecule has 7 nitrogen and oxygen atoms in total. The van der Waals surface area contributed by atoms with E-state index in [1.807, 2.05) is 38.3 Å². The number of nitrogens with one attached hydrogen (secondary N) is 1. The molecular formula is C25H22N2O5S. The number of thiophene rings is 1. The van der Waals surface area contributed by atoms with Crippen LogP contribution in [0.4, 0.5) is 5.69 Å². The number of cyclic esters (lactones) is 1. The third-order valence-electron chi connectivity index (χ3n) is 4.34. The standard InChI is InChI=1S/C25H22N2O5S/c1-25(2,3)32-27-18-10-8-17(9-11-18)22-26-20(23(28)31-22)15-16-6-12-19(13-7-16)30-24(29)21-5-4-14-33-21/h4-15,27H,1-3H3/b20-15+. The maximum absolute atomic E-state index is 12.3. The highest BCUT2D eigenvalue weighted by molar-refractivity contribution is 7.12. The van der Waals surface area contributed by atoms with Gasteiger partial charge in [-0.2, -0.15) is 0 Å². The topological polar surface area (TPSA) is 86.2 Å². The van der Waals surface area contributed by atoms with Crippen molar-refractivity contribution in [3.05, 3.63) is 87.7 Å². The van der Waals surface area contributed by atoms with Crippen molar-refractivity contribution in [1.29, 1.82) is 0 Å². The number of carbonyl (C=O) groups excluding carboxylic acids is 2. The van der Waals surface area contributed by atoms with Crippen LogP contribution in [0.25, 0.3) is 6.08 Å². The van der Waals surface area contributed by atoms with Crippen molar-refractivity contribution in [1.82, 2.24) is 0 Å². The summed E-state index contributed by atoms with van der Waals surface area (Å²) in [6.07, 6.45) is 1.62. The van der Waals surface area contributed by atoms with Gasteiger partial charge < -0.3 is 9.47 Å².